The molecule has 0 bridgehead atoms. The molecule has 0 atom stereocenters. The molecule has 34 heavy (non-hydrogen) atoms. The van der Waals surface area contributed by atoms with Crippen LogP contribution in [0.3, 0.4) is 0 Å². The fourth-order valence-corrected chi connectivity index (χ4v) is 3.76. The van der Waals surface area contributed by atoms with Gasteiger partial charge in [-0.2, -0.15) is 5.10 Å². The van der Waals surface area contributed by atoms with Crippen LogP contribution in [0.25, 0.3) is 0 Å². The highest BCUT2D eigenvalue weighted by atomic mass is 35.5. The number of aromatic hydroxyl groups is 1. The zero-order chi connectivity index (χ0) is 24.2. The van der Waals surface area contributed by atoms with Gasteiger partial charge in [0.1, 0.15) is 11.5 Å². The van der Waals surface area contributed by atoms with Crippen molar-refractivity contribution in [1.82, 2.24) is 16.3 Å². The number of carbonyl (C=O) groups is 3. The van der Waals surface area contributed by atoms with E-state index in [2.05, 4.69) is 21.4 Å². The van der Waals surface area contributed by atoms with Gasteiger partial charge in [-0.3, -0.25) is 25.2 Å². The highest BCUT2D eigenvalue weighted by Gasteiger charge is 2.28. The molecule has 1 aromatic heterocycles. The fraction of sp³-hybridized carbons (Fsp3) is 0.167. The van der Waals surface area contributed by atoms with E-state index in [0.717, 1.165) is 6.42 Å². The number of rotatable bonds is 4. The maximum Gasteiger partial charge on any atom is 0.305 e. The molecule has 3 amide bonds. The van der Waals surface area contributed by atoms with Gasteiger partial charge in [-0.25, -0.2) is 5.43 Å². The van der Waals surface area contributed by atoms with E-state index in [1.807, 2.05) is 0 Å². The largest absolute Gasteiger partial charge is 0.508 e. The van der Waals surface area contributed by atoms with E-state index in [9.17, 15) is 19.5 Å². The quantitative estimate of drug-likeness (QED) is 0.424. The number of amides is 3. The van der Waals surface area contributed by atoms with Crippen LogP contribution in [0.2, 0.25) is 5.02 Å². The number of benzene rings is 2. The first-order valence-electron chi connectivity index (χ1n) is 10.5. The van der Waals surface area contributed by atoms with Crippen molar-refractivity contribution in [2.24, 2.45) is 5.10 Å². The Morgan fingerprint density at radius 1 is 0.912 bits per heavy atom. The van der Waals surface area contributed by atoms with E-state index in [1.54, 1.807) is 19.1 Å². The zero-order valence-electron chi connectivity index (χ0n) is 18.1. The van der Waals surface area contributed by atoms with Gasteiger partial charge in [0.2, 0.25) is 0 Å². The maximum atomic E-state index is 12.7. The molecule has 1 heterocycles. The number of phenols is 1. The lowest BCUT2D eigenvalue weighted by atomic mass is 9.93. The molecule has 3 aromatic rings. The SMILES string of the molecule is Cc1c(C(=O)NNC(=O)c2ccc(Cl)cc2)oc2c1/C(=N/NC(=O)c1ccc(O)cc1)CCC2. The van der Waals surface area contributed by atoms with Gasteiger partial charge >= 0.3 is 5.91 Å². The van der Waals surface area contributed by atoms with Crippen LogP contribution in [0.1, 0.15) is 61.0 Å². The number of carbonyl (C=O) groups excluding carboxylic acids is 3. The summed E-state index contributed by atoms with van der Waals surface area (Å²) in [6, 6.07) is 12.0. The normalized spacial score (nSPS) is 13.8. The van der Waals surface area contributed by atoms with Crippen LogP contribution < -0.4 is 16.3 Å². The van der Waals surface area contributed by atoms with Crippen LogP contribution in [-0.4, -0.2) is 28.5 Å². The van der Waals surface area contributed by atoms with Crippen LogP contribution >= 0.6 is 11.6 Å². The number of nitrogens with one attached hydrogen (secondary N) is 3. The highest BCUT2D eigenvalue weighted by Crippen LogP contribution is 2.29. The Kier molecular flexibility index (Phi) is 6.65. The van der Waals surface area contributed by atoms with E-state index in [0.29, 0.717) is 51.6 Å². The minimum Gasteiger partial charge on any atom is -0.508 e. The van der Waals surface area contributed by atoms with Crippen molar-refractivity contribution in [3.63, 3.8) is 0 Å². The van der Waals surface area contributed by atoms with Gasteiger partial charge < -0.3 is 9.52 Å². The predicted molar refractivity (Wildman–Crippen MR) is 125 cm³/mol. The van der Waals surface area contributed by atoms with Crippen LogP contribution in [0.5, 0.6) is 5.75 Å². The number of furan rings is 1. The van der Waals surface area contributed by atoms with Crippen molar-refractivity contribution in [1.29, 1.82) is 0 Å². The molecule has 0 fully saturated rings. The Labute approximate surface area is 199 Å². The molecular weight excluding hydrogens is 460 g/mol. The third-order valence-corrected chi connectivity index (χ3v) is 5.60. The molecular formula is C24H21ClN4O5. The number of hydrogen-bond donors (Lipinski definition) is 4. The molecule has 0 saturated heterocycles. The number of hydrazine groups is 1. The first-order valence-corrected chi connectivity index (χ1v) is 10.9. The van der Waals surface area contributed by atoms with Gasteiger partial charge in [0.15, 0.2) is 5.76 Å². The number of halogens is 1. The predicted octanol–water partition coefficient (Wildman–Crippen LogP) is 3.49. The Hall–Kier alpha value is -4.11. The minimum absolute atomic E-state index is 0.0564. The van der Waals surface area contributed by atoms with Gasteiger partial charge in [0.25, 0.3) is 11.8 Å². The Morgan fingerprint density at radius 3 is 2.24 bits per heavy atom. The number of hydrogen-bond acceptors (Lipinski definition) is 6. The summed E-state index contributed by atoms with van der Waals surface area (Å²) in [7, 11) is 0. The first-order chi connectivity index (χ1) is 16.3. The van der Waals surface area contributed by atoms with Crippen LogP contribution in [0.4, 0.5) is 0 Å². The topological polar surface area (TPSA) is 133 Å². The summed E-state index contributed by atoms with van der Waals surface area (Å²) in [5.41, 5.74) is 9.73. The molecule has 2 aromatic carbocycles. The monoisotopic (exact) mass is 480 g/mol. The van der Waals surface area contributed by atoms with Crippen molar-refractivity contribution >= 4 is 35.0 Å². The Morgan fingerprint density at radius 2 is 1.53 bits per heavy atom. The van der Waals surface area contributed by atoms with Crippen molar-refractivity contribution in [3.8, 4) is 5.75 Å². The smallest absolute Gasteiger partial charge is 0.305 e. The number of nitrogens with zero attached hydrogens (tertiary/aromatic N) is 1. The number of aryl methyl sites for hydroxylation is 1. The van der Waals surface area contributed by atoms with Crippen molar-refractivity contribution in [3.05, 3.63) is 87.3 Å². The summed E-state index contributed by atoms with van der Waals surface area (Å²) in [4.78, 5) is 37.3. The van der Waals surface area contributed by atoms with E-state index in [1.165, 1.54) is 36.4 Å². The van der Waals surface area contributed by atoms with Crippen molar-refractivity contribution in [2.75, 3.05) is 0 Å². The second-order valence-electron chi connectivity index (χ2n) is 7.67. The summed E-state index contributed by atoms with van der Waals surface area (Å²) in [6.45, 7) is 1.72. The molecule has 9 nitrogen and oxygen atoms in total. The van der Waals surface area contributed by atoms with Gasteiger partial charge in [-0.05, 0) is 68.3 Å². The van der Waals surface area contributed by atoms with Crippen molar-refractivity contribution in [2.45, 2.75) is 26.2 Å². The molecule has 4 N–H and O–H groups in total. The van der Waals surface area contributed by atoms with Crippen molar-refractivity contribution < 1.29 is 23.9 Å². The van der Waals surface area contributed by atoms with Gasteiger partial charge in [-0.15, -0.1) is 0 Å². The first kappa shape index (κ1) is 23.1. The molecule has 1 aliphatic rings. The number of fused-ring (bicyclic) bond motifs is 1. The molecule has 10 heteroatoms. The number of phenolic OH excluding ortho intramolecular Hbond substituents is 1. The zero-order valence-corrected chi connectivity index (χ0v) is 18.9. The van der Waals surface area contributed by atoms with Crippen LogP contribution in [0.15, 0.2) is 58.0 Å². The molecule has 1 aliphatic carbocycles. The lowest BCUT2D eigenvalue weighted by molar-refractivity contribution is 0.0829. The molecule has 0 unspecified atom stereocenters. The summed E-state index contributed by atoms with van der Waals surface area (Å²) in [5.74, 6) is -0.830. The average molecular weight is 481 g/mol. The second-order valence-corrected chi connectivity index (χ2v) is 8.11. The molecule has 0 spiro atoms. The van der Waals surface area contributed by atoms with E-state index < -0.39 is 17.7 Å². The molecule has 0 aliphatic heterocycles. The van der Waals surface area contributed by atoms with E-state index >= 15 is 0 Å². The van der Waals surface area contributed by atoms with Crippen LogP contribution in [0, 0.1) is 6.92 Å². The summed E-state index contributed by atoms with van der Waals surface area (Å²) in [5, 5.41) is 14.1. The number of hydrazone groups is 1. The lowest BCUT2D eigenvalue weighted by Crippen LogP contribution is -2.41. The van der Waals surface area contributed by atoms with Gasteiger partial charge in [-0.1, -0.05) is 11.6 Å². The third-order valence-electron chi connectivity index (χ3n) is 5.35. The summed E-state index contributed by atoms with van der Waals surface area (Å²) in [6.07, 6.45) is 1.95. The standard InChI is InChI=1S/C24H21ClN4O5/c1-13-20-18(26-27-22(31)15-7-11-17(30)12-8-15)3-2-4-19(20)34-21(13)24(33)29-28-23(32)14-5-9-16(25)10-6-14/h5-12,30H,2-4H2,1H3,(H,27,31)(H,28,32)(H,29,33)/b26-18+. The summed E-state index contributed by atoms with van der Waals surface area (Å²) >= 11 is 5.82. The minimum atomic E-state index is -0.610. The Bertz CT molecular complexity index is 1280. The van der Waals surface area contributed by atoms with Crippen LogP contribution in [-0.2, 0) is 6.42 Å². The second kappa shape index (κ2) is 9.80. The third kappa shape index (κ3) is 4.94. The molecule has 4 rings (SSSR count). The van der Waals surface area contributed by atoms with Gasteiger partial charge in [0, 0.05) is 33.7 Å². The van der Waals surface area contributed by atoms with E-state index in [-0.39, 0.29) is 11.5 Å². The summed E-state index contributed by atoms with van der Waals surface area (Å²) < 4.78 is 5.79. The van der Waals surface area contributed by atoms with Gasteiger partial charge in [0.05, 0.1) is 5.71 Å². The van der Waals surface area contributed by atoms with E-state index in [4.69, 9.17) is 16.0 Å². The molecule has 0 saturated carbocycles. The molecule has 174 valence electrons. The lowest BCUT2D eigenvalue weighted by Gasteiger charge is -2.13. The molecule has 0 radical (unpaired) electrons. The fourth-order valence-electron chi connectivity index (χ4n) is 3.64. The average Bonchev–Trinajstić information content (AvgIpc) is 3.18. The highest BCUT2D eigenvalue weighted by molar-refractivity contribution is 6.30. The Balaban J connectivity index is 1.47. The maximum absolute atomic E-state index is 12.7.